The first-order chi connectivity index (χ1) is 10.5. The van der Waals surface area contributed by atoms with Crippen LogP contribution in [0.2, 0.25) is 0 Å². The van der Waals surface area contributed by atoms with E-state index in [4.69, 9.17) is 0 Å². The molecule has 6 heteroatoms. The Morgan fingerprint density at radius 3 is 2.45 bits per heavy atom. The summed E-state index contributed by atoms with van der Waals surface area (Å²) in [5.74, 6) is -0.777. The van der Waals surface area contributed by atoms with Crippen molar-refractivity contribution in [3.05, 3.63) is 70.7 Å². The minimum absolute atomic E-state index is 0.0659. The number of ether oxygens (including phenoxy) is 1. The van der Waals surface area contributed by atoms with Gasteiger partial charge in [-0.25, -0.2) is 4.79 Å². The van der Waals surface area contributed by atoms with Crippen LogP contribution in [0, 0.1) is 5.21 Å². The zero-order chi connectivity index (χ0) is 16.1. The van der Waals surface area contributed by atoms with Gasteiger partial charge in [-0.2, -0.15) is 4.73 Å². The Hall–Kier alpha value is -2.89. The lowest BCUT2D eigenvalue weighted by molar-refractivity contribution is -0.608. The second kappa shape index (κ2) is 6.71. The van der Waals surface area contributed by atoms with Crippen LogP contribution < -0.4 is 4.73 Å². The second-order valence-electron chi connectivity index (χ2n) is 4.76. The summed E-state index contributed by atoms with van der Waals surface area (Å²) in [7, 11) is 2.93. The van der Waals surface area contributed by atoms with Gasteiger partial charge in [0.2, 0.25) is 0 Å². The first kappa shape index (κ1) is 15.5. The van der Waals surface area contributed by atoms with Crippen molar-refractivity contribution >= 4 is 11.9 Å². The van der Waals surface area contributed by atoms with Crippen LogP contribution in [0.4, 0.5) is 0 Å². The van der Waals surface area contributed by atoms with Crippen molar-refractivity contribution in [2.45, 2.75) is 6.54 Å². The number of rotatable bonds is 4. The van der Waals surface area contributed by atoms with Crippen LogP contribution in [0.5, 0.6) is 0 Å². The number of pyridine rings is 1. The van der Waals surface area contributed by atoms with Gasteiger partial charge in [0.15, 0.2) is 6.20 Å². The number of aromatic nitrogens is 1. The van der Waals surface area contributed by atoms with Crippen LogP contribution >= 0.6 is 0 Å². The third-order valence-corrected chi connectivity index (χ3v) is 3.18. The Morgan fingerprint density at radius 2 is 1.86 bits per heavy atom. The second-order valence-corrected chi connectivity index (χ2v) is 4.76. The van der Waals surface area contributed by atoms with Crippen molar-refractivity contribution in [1.82, 2.24) is 4.90 Å². The summed E-state index contributed by atoms with van der Waals surface area (Å²) in [4.78, 5) is 25.0. The van der Waals surface area contributed by atoms with Gasteiger partial charge >= 0.3 is 11.9 Å². The topological polar surface area (TPSA) is 73.5 Å². The molecule has 1 aromatic heterocycles. The molecule has 0 N–H and O–H groups in total. The van der Waals surface area contributed by atoms with Gasteiger partial charge < -0.3 is 14.8 Å². The molecule has 2 aromatic rings. The van der Waals surface area contributed by atoms with Gasteiger partial charge in [0.25, 0.3) is 5.69 Å². The van der Waals surface area contributed by atoms with E-state index in [2.05, 4.69) is 4.74 Å². The number of carbonyl (C=O) groups excluding carboxylic acids is 2. The van der Waals surface area contributed by atoms with Crippen LogP contribution in [-0.4, -0.2) is 30.9 Å². The Kier molecular flexibility index (Phi) is 4.73. The molecule has 0 aliphatic rings. The summed E-state index contributed by atoms with van der Waals surface area (Å²) in [6.45, 7) is 0.329. The van der Waals surface area contributed by atoms with E-state index in [1.807, 2.05) is 0 Å². The van der Waals surface area contributed by atoms with E-state index in [1.54, 1.807) is 43.4 Å². The summed E-state index contributed by atoms with van der Waals surface area (Å²) in [5, 5.41) is 11.6. The van der Waals surface area contributed by atoms with E-state index < -0.39 is 5.97 Å². The smallest absolute Gasteiger partial charge is 0.337 e. The number of carbonyl (C=O) groups is 2. The van der Waals surface area contributed by atoms with Crippen molar-refractivity contribution in [1.29, 1.82) is 0 Å². The number of methoxy groups -OCH3 is 1. The molecule has 0 atom stereocenters. The van der Waals surface area contributed by atoms with Gasteiger partial charge in [0.1, 0.15) is 0 Å². The van der Waals surface area contributed by atoms with E-state index in [0.29, 0.717) is 16.8 Å². The molecule has 0 aliphatic carbocycles. The molecule has 0 radical (unpaired) electrons. The van der Waals surface area contributed by atoms with Crippen LogP contribution in [0.1, 0.15) is 26.4 Å². The average Bonchev–Trinajstić information content (AvgIpc) is 2.54. The van der Waals surface area contributed by atoms with E-state index >= 15 is 0 Å². The summed E-state index contributed by atoms with van der Waals surface area (Å²) >= 11 is 0. The molecule has 114 valence electrons. The van der Waals surface area contributed by atoms with E-state index in [1.165, 1.54) is 24.3 Å². The highest BCUT2D eigenvalue weighted by atomic mass is 16.5. The number of benzene rings is 1. The third kappa shape index (κ3) is 3.41. The molecule has 0 fully saturated rings. The highest BCUT2D eigenvalue weighted by Gasteiger charge is 2.19. The molecule has 1 aromatic carbocycles. The number of amides is 1. The van der Waals surface area contributed by atoms with Gasteiger partial charge in [-0.15, -0.1) is 0 Å². The fourth-order valence-electron chi connectivity index (χ4n) is 2.00. The summed E-state index contributed by atoms with van der Waals surface area (Å²) < 4.78 is 5.17. The Labute approximate surface area is 128 Å². The Bertz CT molecular complexity index is 683. The van der Waals surface area contributed by atoms with Crippen LogP contribution in [0.25, 0.3) is 0 Å². The molecule has 0 spiro atoms. The van der Waals surface area contributed by atoms with Gasteiger partial charge in [-0.1, -0.05) is 12.1 Å². The zero-order valence-corrected chi connectivity index (χ0v) is 12.4. The Balaban J connectivity index is 2.08. The quantitative estimate of drug-likeness (QED) is 0.486. The maximum atomic E-state index is 12.2. The first-order valence-electron chi connectivity index (χ1n) is 6.64. The molecule has 0 saturated carbocycles. The molecule has 22 heavy (non-hydrogen) atoms. The highest BCUT2D eigenvalue weighted by molar-refractivity contribution is 5.91. The monoisotopic (exact) mass is 300 g/mol. The summed E-state index contributed by atoms with van der Waals surface area (Å²) in [6.07, 6.45) is 1.28. The molecule has 1 amide bonds. The maximum absolute atomic E-state index is 12.2. The molecular formula is C16H16N2O4. The summed E-state index contributed by atoms with van der Waals surface area (Å²) in [6, 6.07) is 11.4. The largest absolute Gasteiger partial charge is 0.618 e. The molecule has 0 saturated heterocycles. The molecule has 1 heterocycles. The SMILES string of the molecule is COC(=O)c1ccc(CN(C)C(=O)c2cccc[n+]2[O-])cc1. The first-order valence-corrected chi connectivity index (χ1v) is 6.64. The molecule has 2 rings (SSSR count). The number of esters is 1. The van der Waals surface area contributed by atoms with Crippen LogP contribution in [-0.2, 0) is 11.3 Å². The molecule has 0 bridgehead atoms. The average molecular weight is 300 g/mol. The van der Waals surface area contributed by atoms with Gasteiger partial charge in [-0.05, 0) is 23.8 Å². The standard InChI is InChI=1S/C16H16N2O4/c1-17(15(19)14-5-3-4-10-18(14)21)11-12-6-8-13(9-7-12)16(20)22-2/h3-10H,11H2,1-2H3. The number of hydrogen-bond donors (Lipinski definition) is 0. The zero-order valence-electron chi connectivity index (χ0n) is 12.4. The van der Waals surface area contributed by atoms with Gasteiger partial charge in [-0.3, -0.25) is 4.79 Å². The molecule has 6 nitrogen and oxygen atoms in total. The maximum Gasteiger partial charge on any atom is 0.337 e. The lowest BCUT2D eigenvalue weighted by Gasteiger charge is -2.16. The van der Waals surface area contributed by atoms with Crippen LogP contribution in [0.3, 0.4) is 0 Å². The van der Waals surface area contributed by atoms with Crippen molar-refractivity contribution < 1.29 is 19.1 Å². The highest BCUT2D eigenvalue weighted by Crippen LogP contribution is 2.09. The van der Waals surface area contributed by atoms with Gasteiger partial charge in [0.05, 0.1) is 12.7 Å². The minimum atomic E-state index is -0.410. The lowest BCUT2D eigenvalue weighted by Crippen LogP contribution is -2.39. The van der Waals surface area contributed by atoms with Crippen molar-refractivity contribution in [3.63, 3.8) is 0 Å². The summed E-state index contributed by atoms with van der Waals surface area (Å²) in [5.41, 5.74) is 1.36. The normalized spacial score (nSPS) is 10.1. The molecule has 0 unspecified atom stereocenters. The minimum Gasteiger partial charge on any atom is -0.618 e. The van der Waals surface area contributed by atoms with Crippen LogP contribution in [0.15, 0.2) is 48.7 Å². The van der Waals surface area contributed by atoms with Crippen molar-refractivity contribution in [2.75, 3.05) is 14.2 Å². The number of hydrogen-bond acceptors (Lipinski definition) is 4. The third-order valence-electron chi connectivity index (χ3n) is 3.18. The Morgan fingerprint density at radius 1 is 1.18 bits per heavy atom. The van der Waals surface area contributed by atoms with E-state index in [9.17, 15) is 14.8 Å². The predicted octanol–water partition coefficient (Wildman–Crippen LogP) is 1.38. The molecular weight excluding hydrogens is 284 g/mol. The predicted molar refractivity (Wildman–Crippen MR) is 79.0 cm³/mol. The van der Waals surface area contributed by atoms with Crippen molar-refractivity contribution in [3.8, 4) is 0 Å². The van der Waals surface area contributed by atoms with Gasteiger partial charge in [0, 0.05) is 25.7 Å². The van der Waals surface area contributed by atoms with Crippen molar-refractivity contribution in [2.24, 2.45) is 0 Å². The fourth-order valence-corrected chi connectivity index (χ4v) is 2.00. The molecule has 0 aliphatic heterocycles. The van der Waals surface area contributed by atoms with E-state index in [-0.39, 0.29) is 11.6 Å². The fraction of sp³-hybridized carbons (Fsp3) is 0.188. The lowest BCUT2D eigenvalue weighted by atomic mass is 10.1. The van der Waals surface area contributed by atoms with E-state index in [0.717, 1.165) is 5.56 Å². The number of nitrogens with zero attached hydrogens (tertiary/aromatic N) is 2.